The van der Waals surface area contributed by atoms with Crippen LogP contribution in [0.2, 0.25) is 5.02 Å². The van der Waals surface area contributed by atoms with Crippen LogP contribution in [-0.2, 0) is 6.54 Å². The molecule has 0 aliphatic carbocycles. The molecule has 2 aromatic carbocycles. The highest BCUT2D eigenvalue weighted by atomic mass is 35.5. The number of nitrogens with zero attached hydrogens (tertiary/aromatic N) is 5. The van der Waals surface area contributed by atoms with Crippen LogP contribution < -0.4 is 4.90 Å². The fourth-order valence-electron chi connectivity index (χ4n) is 4.13. The Morgan fingerprint density at radius 1 is 1.00 bits per heavy atom. The normalized spacial score (nSPS) is 15.5. The van der Waals surface area contributed by atoms with E-state index in [0.717, 1.165) is 26.2 Å². The summed E-state index contributed by atoms with van der Waals surface area (Å²) in [5.41, 5.74) is 2.04. The second-order valence-corrected chi connectivity index (χ2v) is 9.85. The number of piperazine rings is 1. The molecule has 2 heterocycles. The molecule has 2 aliphatic heterocycles. The van der Waals surface area contributed by atoms with Crippen molar-refractivity contribution in [3.05, 3.63) is 76.5 Å². The predicted octanol–water partition coefficient (Wildman–Crippen LogP) is 7.90. The van der Waals surface area contributed by atoms with Gasteiger partial charge in [0, 0.05) is 61.7 Å². The average Bonchev–Trinajstić information content (AvgIpc) is 3.47. The SMILES string of the molecule is C=C(CN1CCN(SC)CC1)N(Cc1ccc(C2=NN=C(C(F)F)C2)cc1F)c1ccc(F)c(Cl)c1.CC.CC. The van der Waals surface area contributed by atoms with E-state index in [1.54, 1.807) is 30.1 Å². The molecule has 0 spiro atoms. The van der Waals surface area contributed by atoms with E-state index in [1.165, 1.54) is 18.2 Å². The van der Waals surface area contributed by atoms with Crippen molar-refractivity contribution < 1.29 is 17.6 Å². The summed E-state index contributed by atoms with van der Waals surface area (Å²) >= 11 is 7.76. The number of alkyl halides is 2. The molecule has 2 aliphatic rings. The van der Waals surface area contributed by atoms with Gasteiger partial charge in [-0.05, 0) is 30.5 Å². The third-order valence-corrected chi connectivity index (χ3v) is 7.38. The highest BCUT2D eigenvalue weighted by Gasteiger charge is 2.24. The summed E-state index contributed by atoms with van der Waals surface area (Å²) in [7, 11) is 0. The van der Waals surface area contributed by atoms with Gasteiger partial charge in [0.05, 0.1) is 17.3 Å². The summed E-state index contributed by atoms with van der Waals surface area (Å²) < 4.78 is 57.1. The molecule has 0 unspecified atom stereocenters. The summed E-state index contributed by atoms with van der Waals surface area (Å²) in [6, 6.07) is 8.86. The van der Waals surface area contributed by atoms with Gasteiger partial charge in [-0.1, -0.05) is 70.0 Å². The molecule has 0 amide bonds. The van der Waals surface area contributed by atoms with E-state index < -0.39 is 18.1 Å². The van der Waals surface area contributed by atoms with Crippen molar-refractivity contribution in [2.24, 2.45) is 10.2 Å². The molecule has 11 heteroatoms. The Hall–Kier alpha value is -2.40. The topological polar surface area (TPSA) is 34.4 Å². The van der Waals surface area contributed by atoms with Crippen LogP contribution in [0.4, 0.5) is 23.2 Å². The number of hydrogen-bond donors (Lipinski definition) is 0. The van der Waals surface area contributed by atoms with Crippen molar-refractivity contribution in [2.75, 3.05) is 43.9 Å². The van der Waals surface area contributed by atoms with Gasteiger partial charge in [0.2, 0.25) is 0 Å². The molecule has 2 aromatic rings. The molecule has 0 saturated carbocycles. The highest BCUT2D eigenvalue weighted by Crippen LogP contribution is 2.28. The van der Waals surface area contributed by atoms with Gasteiger partial charge in [-0.15, -0.1) is 0 Å². The first kappa shape index (κ1) is 33.8. The Morgan fingerprint density at radius 2 is 1.68 bits per heavy atom. The molecule has 1 saturated heterocycles. The van der Waals surface area contributed by atoms with Crippen LogP contribution in [0.3, 0.4) is 0 Å². The summed E-state index contributed by atoms with van der Waals surface area (Å²) in [4.78, 5) is 4.08. The van der Waals surface area contributed by atoms with Gasteiger partial charge in [-0.25, -0.2) is 21.9 Å². The maximum absolute atomic E-state index is 15.2. The average molecular weight is 600 g/mol. The molecular formula is C29H38ClF4N5S. The van der Waals surface area contributed by atoms with Crippen LogP contribution in [0.1, 0.15) is 45.2 Å². The summed E-state index contributed by atoms with van der Waals surface area (Å²) in [6.45, 7) is 16.5. The fourth-order valence-corrected chi connectivity index (χ4v) is 4.83. The zero-order valence-electron chi connectivity index (χ0n) is 23.7. The Morgan fingerprint density at radius 3 is 2.23 bits per heavy atom. The number of benzene rings is 2. The Balaban J connectivity index is 0.00000134. The molecule has 220 valence electrons. The number of hydrogen-bond acceptors (Lipinski definition) is 6. The lowest BCUT2D eigenvalue weighted by Crippen LogP contribution is -2.45. The van der Waals surface area contributed by atoms with E-state index in [2.05, 4.69) is 32.2 Å². The van der Waals surface area contributed by atoms with Crippen LogP contribution in [0, 0.1) is 11.6 Å². The van der Waals surface area contributed by atoms with E-state index in [4.69, 9.17) is 11.6 Å². The maximum Gasteiger partial charge on any atom is 0.278 e. The van der Waals surface area contributed by atoms with E-state index in [1.807, 2.05) is 32.6 Å². The summed E-state index contributed by atoms with van der Waals surface area (Å²) in [6.07, 6.45) is -0.753. The van der Waals surface area contributed by atoms with Crippen LogP contribution in [0.15, 0.2) is 58.9 Å². The zero-order chi connectivity index (χ0) is 29.8. The molecule has 5 nitrogen and oxygen atoms in total. The number of rotatable bonds is 9. The van der Waals surface area contributed by atoms with E-state index in [0.29, 0.717) is 34.8 Å². The lowest BCUT2D eigenvalue weighted by Gasteiger charge is -2.36. The molecule has 0 atom stereocenters. The summed E-state index contributed by atoms with van der Waals surface area (Å²) in [5, 5.41) is 7.24. The van der Waals surface area contributed by atoms with Gasteiger partial charge in [-0.2, -0.15) is 10.2 Å². The standard InChI is InChI=1S/C25H26ClF4N5S.2C2H6/c1-16(14-33-7-9-34(36-2)10-8-33)35(19-5-6-21(27)20(26)12-19)15-18-4-3-17(11-22(18)28)23-13-24(25(29)30)32-31-23;2*1-2/h3-6,11-12,25H,1,7-10,13-15H2,2H3;2*1-2H3. The first-order valence-corrected chi connectivity index (χ1v) is 14.9. The van der Waals surface area contributed by atoms with Crippen molar-refractivity contribution in [3.8, 4) is 0 Å². The molecule has 0 radical (unpaired) electrons. The van der Waals surface area contributed by atoms with Crippen molar-refractivity contribution in [1.29, 1.82) is 0 Å². The molecule has 0 bridgehead atoms. The Bertz CT molecular complexity index is 1180. The fraction of sp³-hybridized carbons (Fsp3) is 0.448. The third kappa shape index (κ3) is 9.06. The van der Waals surface area contributed by atoms with Gasteiger partial charge in [0.1, 0.15) is 17.3 Å². The largest absolute Gasteiger partial charge is 0.340 e. The quantitative estimate of drug-likeness (QED) is 0.217. The number of anilines is 1. The van der Waals surface area contributed by atoms with Crippen molar-refractivity contribution in [3.63, 3.8) is 0 Å². The van der Waals surface area contributed by atoms with Crippen LogP contribution >= 0.6 is 23.5 Å². The highest BCUT2D eigenvalue weighted by molar-refractivity contribution is 7.96. The molecule has 40 heavy (non-hydrogen) atoms. The zero-order valence-corrected chi connectivity index (χ0v) is 25.3. The molecule has 0 aromatic heterocycles. The molecule has 4 rings (SSSR count). The van der Waals surface area contributed by atoms with Crippen molar-refractivity contribution >= 4 is 40.7 Å². The van der Waals surface area contributed by atoms with Crippen LogP contribution in [-0.4, -0.2) is 66.0 Å². The van der Waals surface area contributed by atoms with Crippen LogP contribution in [0.5, 0.6) is 0 Å². The van der Waals surface area contributed by atoms with Gasteiger partial charge < -0.3 is 4.90 Å². The minimum atomic E-state index is -2.69. The Labute approximate surface area is 244 Å². The first-order chi connectivity index (χ1) is 19.2. The minimum Gasteiger partial charge on any atom is -0.340 e. The van der Waals surface area contributed by atoms with Gasteiger partial charge in [-0.3, -0.25) is 4.90 Å². The smallest absolute Gasteiger partial charge is 0.278 e. The van der Waals surface area contributed by atoms with E-state index in [9.17, 15) is 13.2 Å². The second kappa shape index (κ2) is 16.8. The molecular weight excluding hydrogens is 562 g/mol. The lowest BCUT2D eigenvalue weighted by molar-refractivity contribution is 0.209. The van der Waals surface area contributed by atoms with Gasteiger partial charge in [0.15, 0.2) is 0 Å². The number of halogens is 5. The second-order valence-electron chi connectivity index (χ2n) is 8.56. The monoisotopic (exact) mass is 599 g/mol. The van der Waals surface area contributed by atoms with E-state index >= 15 is 4.39 Å². The molecule has 0 N–H and O–H groups in total. The van der Waals surface area contributed by atoms with Crippen molar-refractivity contribution in [1.82, 2.24) is 9.21 Å². The van der Waals surface area contributed by atoms with Crippen molar-refractivity contribution in [2.45, 2.75) is 47.1 Å². The first-order valence-electron chi connectivity index (χ1n) is 13.4. The van der Waals surface area contributed by atoms with Gasteiger partial charge >= 0.3 is 0 Å². The maximum atomic E-state index is 15.2. The predicted molar refractivity (Wildman–Crippen MR) is 162 cm³/mol. The minimum absolute atomic E-state index is 0.0382. The Kier molecular flexibility index (Phi) is 14.2. The van der Waals surface area contributed by atoms with Crippen LogP contribution in [0.25, 0.3) is 0 Å². The third-order valence-electron chi connectivity index (χ3n) is 6.21. The molecule has 1 fully saturated rings. The van der Waals surface area contributed by atoms with E-state index in [-0.39, 0.29) is 23.7 Å². The summed E-state index contributed by atoms with van der Waals surface area (Å²) in [5.74, 6) is -1.06. The lowest BCUT2D eigenvalue weighted by atomic mass is 10.0. The van der Waals surface area contributed by atoms with Gasteiger partial charge in [0.25, 0.3) is 6.43 Å².